The average Bonchev–Trinajstić information content (AvgIpc) is 2.71. The Morgan fingerprint density at radius 1 is 1.53 bits per heavy atom. The fourth-order valence-electron chi connectivity index (χ4n) is 1.83. The molecule has 1 heterocycles. The maximum Gasteiger partial charge on any atom is 0.317 e. The predicted molar refractivity (Wildman–Crippen MR) is 64.6 cm³/mol. The second-order valence-corrected chi connectivity index (χ2v) is 4.08. The van der Waals surface area contributed by atoms with Crippen LogP contribution in [0.3, 0.4) is 0 Å². The van der Waals surface area contributed by atoms with Gasteiger partial charge >= 0.3 is 6.03 Å². The van der Waals surface area contributed by atoms with E-state index in [9.17, 15) is 9.18 Å². The maximum absolute atomic E-state index is 13.6. The van der Waals surface area contributed by atoms with E-state index in [1.54, 1.807) is 24.0 Å². The molecule has 0 radical (unpaired) electrons. The van der Waals surface area contributed by atoms with Gasteiger partial charge in [0.15, 0.2) is 0 Å². The summed E-state index contributed by atoms with van der Waals surface area (Å²) in [5, 5.41) is 5.73. The van der Waals surface area contributed by atoms with Crippen LogP contribution in [0.1, 0.15) is 5.56 Å². The second kappa shape index (κ2) is 5.03. The van der Waals surface area contributed by atoms with E-state index in [0.717, 1.165) is 6.54 Å². The van der Waals surface area contributed by atoms with E-state index >= 15 is 0 Å². The first kappa shape index (κ1) is 11.7. The SMILES string of the molecule is Cc1cccc(NCCN2CCNC2=O)c1F. The van der Waals surface area contributed by atoms with E-state index in [4.69, 9.17) is 0 Å². The Bertz CT molecular complexity index is 422. The number of nitrogens with one attached hydrogen (secondary N) is 2. The minimum atomic E-state index is -0.224. The van der Waals surface area contributed by atoms with Crippen molar-refractivity contribution >= 4 is 11.7 Å². The monoisotopic (exact) mass is 237 g/mol. The first-order valence-electron chi connectivity index (χ1n) is 5.70. The van der Waals surface area contributed by atoms with E-state index in [2.05, 4.69) is 10.6 Å². The van der Waals surface area contributed by atoms with Crippen molar-refractivity contribution in [3.63, 3.8) is 0 Å². The number of anilines is 1. The van der Waals surface area contributed by atoms with E-state index in [-0.39, 0.29) is 11.8 Å². The van der Waals surface area contributed by atoms with Crippen molar-refractivity contribution in [1.82, 2.24) is 10.2 Å². The van der Waals surface area contributed by atoms with Crippen LogP contribution < -0.4 is 10.6 Å². The zero-order valence-electron chi connectivity index (χ0n) is 9.79. The number of carbonyl (C=O) groups is 1. The van der Waals surface area contributed by atoms with Crippen LogP contribution >= 0.6 is 0 Å². The van der Waals surface area contributed by atoms with Crippen LogP contribution in [0.15, 0.2) is 18.2 Å². The van der Waals surface area contributed by atoms with Crippen molar-refractivity contribution in [1.29, 1.82) is 0 Å². The van der Waals surface area contributed by atoms with Gasteiger partial charge in [-0.05, 0) is 18.6 Å². The Labute approximate surface area is 99.8 Å². The quantitative estimate of drug-likeness (QED) is 0.835. The molecular weight excluding hydrogens is 221 g/mol. The zero-order chi connectivity index (χ0) is 12.3. The standard InChI is InChI=1S/C12H16FN3O/c1-9-3-2-4-10(11(9)13)14-5-7-16-8-6-15-12(16)17/h2-4,14H,5-8H2,1H3,(H,15,17). The third kappa shape index (κ3) is 2.67. The average molecular weight is 237 g/mol. The molecule has 0 aliphatic carbocycles. The van der Waals surface area contributed by atoms with Crippen molar-refractivity contribution in [2.75, 3.05) is 31.5 Å². The van der Waals surface area contributed by atoms with E-state index in [0.29, 0.717) is 30.9 Å². The number of carbonyl (C=O) groups excluding carboxylic acids is 1. The Morgan fingerprint density at radius 2 is 2.35 bits per heavy atom. The minimum absolute atomic E-state index is 0.0449. The Morgan fingerprint density at radius 3 is 3.06 bits per heavy atom. The lowest BCUT2D eigenvalue weighted by Crippen LogP contribution is -2.32. The number of urea groups is 1. The molecule has 0 unspecified atom stereocenters. The molecule has 1 aromatic rings. The van der Waals surface area contributed by atoms with Crippen LogP contribution in [0.5, 0.6) is 0 Å². The summed E-state index contributed by atoms with van der Waals surface area (Å²) in [4.78, 5) is 13.0. The van der Waals surface area contributed by atoms with Gasteiger partial charge in [-0.15, -0.1) is 0 Å². The molecule has 0 bridgehead atoms. The molecule has 4 nitrogen and oxygen atoms in total. The van der Waals surface area contributed by atoms with Gasteiger partial charge in [0.2, 0.25) is 0 Å². The number of rotatable bonds is 4. The van der Waals surface area contributed by atoms with Gasteiger partial charge in [0.05, 0.1) is 5.69 Å². The summed E-state index contributed by atoms with van der Waals surface area (Å²) in [5.74, 6) is -0.224. The smallest absolute Gasteiger partial charge is 0.317 e. The lowest BCUT2D eigenvalue weighted by atomic mass is 10.2. The normalized spacial score (nSPS) is 14.9. The van der Waals surface area contributed by atoms with E-state index in [1.165, 1.54) is 0 Å². The van der Waals surface area contributed by atoms with Crippen LogP contribution in [0.4, 0.5) is 14.9 Å². The van der Waals surface area contributed by atoms with E-state index in [1.807, 2.05) is 6.07 Å². The molecule has 2 amide bonds. The van der Waals surface area contributed by atoms with Crippen molar-refractivity contribution in [2.24, 2.45) is 0 Å². The summed E-state index contributed by atoms with van der Waals surface area (Å²) in [7, 11) is 0. The van der Waals surface area contributed by atoms with Gasteiger partial charge in [-0.1, -0.05) is 12.1 Å². The number of benzene rings is 1. The molecule has 2 rings (SSSR count). The van der Waals surface area contributed by atoms with Crippen LogP contribution in [0.2, 0.25) is 0 Å². The topological polar surface area (TPSA) is 44.4 Å². The lowest BCUT2D eigenvalue weighted by Gasteiger charge is -2.15. The Balaban J connectivity index is 1.86. The highest BCUT2D eigenvalue weighted by Gasteiger charge is 2.18. The number of nitrogens with zero attached hydrogens (tertiary/aromatic N) is 1. The molecule has 1 saturated heterocycles. The molecule has 1 aliphatic heterocycles. The number of amides is 2. The molecule has 0 atom stereocenters. The van der Waals surface area contributed by atoms with Crippen LogP contribution in [0, 0.1) is 12.7 Å². The predicted octanol–water partition coefficient (Wildman–Crippen LogP) is 1.57. The summed E-state index contributed by atoms with van der Waals surface area (Å²) in [6.45, 7) is 4.27. The summed E-state index contributed by atoms with van der Waals surface area (Å²) >= 11 is 0. The third-order valence-corrected chi connectivity index (χ3v) is 2.83. The Kier molecular flexibility index (Phi) is 3.46. The molecule has 1 aromatic carbocycles. The van der Waals surface area contributed by atoms with Gasteiger partial charge in [-0.25, -0.2) is 9.18 Å². The molecule has 0 spiro atoms. The van der Waals surface area contributed by atoms with Crippen LogP contribution in [-0.4, -0.2) is 37.1 Å². The molecule has 1 aliphatic rings. The van der Waals surface area contributed by atoms with Crippen molar-refractivity contribution < 1.29 is 9.18 Å². The summed E-state index contributed by atoms with van der Waals surface area (Å²) < 4.78 is 13.6. The van der Waals surface area contributed by atoms with Gasteiger partial charge in [-0.2, -0.15) is 0 Å². The fourth-order valence-corrected chi connectivity index (χ4v) is 1.83. The number of hydrogen-bond acceptors (Lipinski definition) is 2. The van der Waals surface area contributed by atoms with Gasteiger partial charge < -0.3 is 15.5 Å². The highest BCUT2D eigenvalue weighted by Crippen LogP contribution is 2.16. The van der Waals surface area contributed by atoms with E-state index < -0.39 is 0 Å². The Hall–Kier alpha value is -1.78. The molecule has 0 saturated carbocycles. The molecule has 2 N–H and O–H groups in total. The van der Waals surface area contributed by atoms with Gasteiger partial charge in [0.25, 0.3) is 0 Å². The second-order valence-electron chi connectivity index (χ2n) is 4.08. The molecule has 92 valence electrons. The van der Waals surface area contributed by atoms with Crippen molar-refractivity contribution in [3.05, 3.63) is 29.6 Å². The highest BCUT2D eigenvalue weighted by atomic mass is 19.1. The third-order valence-electron chi connectivity index (χ3n) is 2.83. The molecular formula is C12H16FN3O. The molecule has 5 heteroatoms. The van der Waals surface area contributed by atoms with Gasteiger partial charge in [-0.3, -0.25) is 0 Å². The molecule has 0 aromatic heterocycles. The summed E-state index contributed by atoms with van der Waals surface area (Å²) in [6.07, 6.45) is 0. The van der Waals surface area contributed by atoms with Gasteiger partial charge in [0, 0.05) is 26.2 Å². The number of hydrogen-bond donors (Lipinski definition) is 2. The van der Waals surface area contributed by atoms with Crippen molar-refractivity contribution in [3.8, 4) is 0 Å². The van der Waals surface area contributed by atoms with Gasteiger partial charge in [0.1, 0.15) is 5.82 Å². The summed E-state index contributed by atoms with van der Waals surface area (Å²) in [5.41, 5.74) is 1.11. The van der Waals surface area contributed by atoms with Crippen molar-refractivity contribution in [2.45, 2.75) is 6.92 Å². The maximum atomic E-state index is 13.6. The fraction of sp³-hybridized carbons (Fsp3) is 0.417. The highest BCUT2D eigenvalue weighted by molar-refractivity contribution is 5.76. The molecule has 17 heavy (non-hydrogen) atoms. The number of aryl methyl sites for hydroxylation is 1. The summed E-state index contributed by atoms with van der Waals surface area (Å²) in [6, 6.07) is 5.20. The van der Waals surface area contributed by atoms with Crippen LogP contribution in [0.25, 0.3) is 0 Å². The lowest BCUT2D eigenvalue weighted by molar-refractivity contribution is 0.219. The first-order valence-corrected chi connectivity index (χ1v) is 5.70. The molecule has 1 fully saturated rings. The minimum Gasteiger partial charge on any atom is -0.381 e. The largest absolute Gasteiger partial charge is 0.381 e. The number of halogens is 1. The van der Waals surface area contributed by atoms with Crippen LogP contribution in [-0.2, 0) is 0 Å². The zero-order valence-corrected chi connectivity index (χ0v) is 9.79. The first-order chi connectivity index (χ1) is 8.18.